The normalized spacial score (nSPS) is 13.9. The molecule has 0 saturated carbocycles. The minimum absolute atomic E-state index is 0.151. The number of aromatic nitrogens is 2. The van der Waals surface area contributed by atoms with Crippen molar-refractivity contribution in [1.29, 1.82) is 0 Å². The molecule has 2 heterocycles. The van der Waals surface area contributed by atoms with Crippen molar-refractivity contribution in [2.24, 2.45) is 5.92 Å². The van der Waals surface area contributed by atoms with Crippen LogP contribution in [0.3, 0.4) is 0 Å². The lowest BCUT2D eigenvalue weighted by Gasteiger charge is -2.27. The van der Waals surface area contributed by atoms with E-state index in [0.717, 1.165) is 60.7 Å². The van der Waals surface area contributed by atoms with Gasteiger partial charge < -0.3 is 29.0 Å². The van der Waals surface area contributed by atoms with Crippen LogP contribution in [0.1, 0.15) is 71.5 Å². The van der Waals surface area contributed by atoms with Crippen molar-refractivity contribution in [2.75, 3.05) is 43.1 Å². The van der Waals surface area contributed by atoms with Gasteiger partial charge in [0.2, 0.25) is 0 Å². The van der Waals surface area contributed by atoms with Crippen LogP contribution in [0.2, 0.25) is 0 Å². The second kappa shape index (κ2) is 18.8. The van der Waals surface area contributed by atoms with Gasteiger partial charge >= 0.3 is 5.97 Å². The highest BCUT2D eigenvalue weighted by molar-refractivity contribution is 7.90. The molecule has 10 nitrogen and oxygen atoms in total. The SMILES string of the molecule is CCCCOCCOc1ccc(-c2ccc3c(c2)C=C(C(=O)Nc2ccc([S+]([O-])Cc4nccn4C(C)OC(C)=O)cc2)CCN3CC(C)C)cc1. The van der Waals surface area contributed by atoms with Crippen LogP contribution in [-0.2, 0) is 36.0 Å². The van der Waals surface area contributed by atoms with Gasteiger partial charge in [-0.3, -0.25) is 14.2 Å². The van der Waals surface area contributed by atoms with Crippen molar-refractivity contribution in [2.45, 2.75) is 70.8 Å². The van der Waals surface area contributed by atoms with Gasteiger partial charge in [-0.1, -0.05) is 45.4 Å². The van der Waals surface area contributed by atoms with Crippen LogP contribution in [0.5, 0.6) is 5.75 Å². The molecule has 0 spiro atoms. The molecule has 2 atom stereocenters. The topological polar surface area (TPSA) is 118 Å². The average molecular weight is 727 g/mol. The highest BCUT2D eigenvalue weighted by Gasteiger charge is 2.22. The van der Waals surface area contributed by atoms with Crippen LogP contribution in [-0.4, -0.2) is 58.9 Å². The maximum atomic E-state index is 13.7. The Bertz CT molecular complexity index is 1800. The third-order valence-electron chi connectivity index (χ3n) is 8.66. The number of carbonyl (C=O) groups is 2. The van der Waals surface area contributed by atoms with Gasteiger partial charge in [-0.2, -0.15) is 0 Å². The molecule has 3 aromatic carbocycles. The molecule has 0 fully saturated rings. The van der Waals surface area contributed by atoms with E-state index in [9.17, 15) is 14.1 Å². The lowest BCUT2D eigenvalue weighted by atomic mass is 10.00. The molecule has 276 valence electrons. The van der Waals surface area contributed by atoms with E-state index < -0.39 is 23.4 Å². The predicted octanol–water partition coefficient (Wildman–Crippen LogP) is 8.02. The van der Waals surface area contributed by atoms with E-state index in [2.05, 4.69) is 66.3 Å². The van der Waals surface area contributed by atoms with E-state index in [1.54, 1.807) is 48.1 Å². The Labute approximate surface area is 310 Å². The molecule has 0 bridgehead atoms. The molecule has 1 aliphatic heterocycles. The van der Waals surface area contributed by atoms with Gasteiger partial charge in [0.05, 0.1) is 6.61 Å². The molecular weight excluding hydrogens is 677 g/mol. The number of fused-ring (bicyclic) bond motifs is 1. The van der Waals surface area contributed by atoms with Crippen LogP contribution in [0.15, 0.2) is 89.6 Å². The summed E-state index contributed by atoms with van der Waals surface area (Å²) in [5.74, 6) is 1.38. The summed E-state index contributed by atoms with van der Waals surface area (Å²) >= 11 is -1.40. The number of rotatable bonds is 17. The van der Waals surface area contributed by atoms with Crippen molar-refractivity contribution in [1.82, 2.24) is 9.55 Å². The van der Waals surface area contributed by atoms with Crippen LogP contribution < -0.4 is 15.0 Å². The van der Waals surface area contributed by atoms with Crippen LogP contribution >= 0.6 is 0 Å². The summed E-state index contributed by atoms with van der Waals surface area (Å²) < 4.78 is 31.6. The van der Waals surface area contributed by atoms with Crippen molar-refractivity contribution in [3.05, 3.63) is 96.1 Å². The predicted molar refractivity (Wildman–Crippen MR) is 207 cm³/mol. The number of amides is 1. The van der Waals surface area contributed by atoms with Crippen molar-refractivity contribution in [3.63, 3.8) is 0 Å². The number of esters is 1. The summed E-state index contributed by atoms with van der Waals surface area (Å²) in [4.78, 5) is 32.4. The number of unbranched alkanes of at least 4 members (excludes halogenated alkanes) is 1. The van der Waals surface area contributed by atoms with E-state index in [4.69, 9.17) is 14.2 Å². The second-order valence-electron chi connectivity index (χ2n) is 13.3. The lowest BCUT2D eigenvalue weighted by molar-refractivity contribution is -0.149. The van der Waals surface area contributed by atoms with Crippen molar-refractivity contribution >= 4 is 40.5 Å². The first-order valence-corrected chi connectivity index (χ1v) is 19.3. The fourth-order valence-electron chi connectivity index (χ4n) is 6.08. The molecular formula is C41H50N4O6S. The molecule has 1 aliphatic rings. The number of anilines is 2. The number of hydrogen-bond acceptors (Lipinski definition) is 8. The van der Waals surface area contributed by atoms with E-state index in [0.29, 0.717) is 47.5 Å². The highest BCUT2D eigenvalue weighted by Crippen LogP contribution is 2.34. The summed E-state index contributed by atoms with van der Waals surface area (Å²) in [7, 11) is 0. The van der Waals surface area contributed by atoms with E-state index in [1.807, 2.05) is 18.2 Å². The van der Waals surface area contributed by atoms with Crippen molar-refractivity contribution in [3.8, 4) is 16.9 Å². The minimum Gasteiger partial charge on any atom is -0.611 e. The second-order valence-corrected chi connectivity index (χ2v) is 14.8. The summed E-state index contributed by atoms with van der Waals surface area (Å²) in [5.41, 5.74) is 5.53. The fraction of sp³-hybridized carbons (Fsp3) is 0.390. The van der Waals surface area contributed by atoms with Gasteiger partial charge in [0, 0.05) is 56.0 Å². The zero-order valence-electron chi connectivity index (χ0n) is 30.8. The van der Waals surface area contributed by atoms with Crippen LogP contribution in [0, 0.1) is 5.92 Å². The number of benzene rings is 3. The molecule has 1 N–H and O–H groups in total. The molecule has 11 heteroatoms. The number of ether oxygens (including phenoxy) is 3. The third kappa shape index (κ3) is 10.7. The Balaban J connectivity index is 1.26. The highest BCUT2D eigenvalue weighted by atomic mass is 32.2. The summed E-state index contributed by atoms with van der Waals surface area (Å²) in [6.45, 7) is 13.1. The molecule has 1 amide bonds. The quantitative estimate of drug-likeness (QED) is 0.0661. The van der Waals surface area contributed by atoms with E-state index in [-0.39, 0.29) is 11.7 Å². The molecule has 52 heavy (non-hydrogen) atoms. The molecule has 1 aromatic heterocycles. The van der Waals surface area contributed by atoms with E-state index >= 15 is 0 Å². The van der Waals surface area contributed by atoms with Gasteiger partial charge in [0.1, 0.15) is 12.4 Å². The minimum atomic E-state index is -1.40. The smallest absolute Gasteiger partial charge is 0.304 e. The van der Waals surface area contributed by atoms with Gasteiger partial charge in [-0.25, -0.2) is 4.98 Å². The molecule has 0 radical (unpaired) electrons. The zero-order chi connectivity index (χ0) is 37.0. The molecule has 0 saturated heterocycles. The number of carbonyl (C=O) groups excluding carboxylic acids is 2. The maximum absolute atomic E-state index is 13.7. The Hall–Kier alpha value is -4.58. The van der Waals surface area contributed by atoms with Crippen LogP contribution in [0.4, 0.5) is 11.4 Å². The average Bonchev–Trinajstić information content (AvgIpc) is 3.51. The molecule has 5 rings (SSSR count). The Kier molecular flexibility index (Phi) is 14.0. The van der Waals surface area contributed by atoms with Gasteiger partial charge in [-0.05, 0) is 108 Å². The number of nitrogens with zero attached hydrogens (tertiary/aromatic N) is 3. The maximum Gasteiger partial charge on any atom is 0.304 e. The van der Waals surface area contributed by atoms with Gasteiger partial charge in [-0.15, -0.1) is 0 Å². The Morgan fingerprint density at radius 1 is 0.981 bits per heavy atom. The molecule has 0 aliphatic carbocycles. The Morgan fingerprint density at radius 3 is 2.44 bits per heavy atom. The monoisotopic (exact) mass is 726 g/mol. The number of hydrogen-bond donors (Lipinski definition) is 1. The largest absolute Gasteiger partial charge is 0.611 e. The number of nitrogens with one attached hydrogen (secondary N) is 1. The third-order valence-corrected chi connectivity index (χ3v) is 9.98. The summed E-state index contributed by atoms with van der Waals surface area (Å²) in [5, 5.41) is 3.05. The molecule has 4 aromatic rings. The first kappa shape index (κ1) is 38.6. The lowest BCUT2D eigenvalue weighted by Crippen LogP contribution is -2.29. The Morgan fingerprint density at radius 2 is 1.73 bits per heavy atom. The summed E-state index contributed by atoms with van der Waals surface area (Å²) in [6, 6.07) is 21.6. The first-order chi connectivity index (χ1) is 25.1. The zero-order valence-corrected chi connectivity index (χ0v) is 31.6. The van der Waals surface area contributed by atoms with Gasteiger partial charge in [0.15, 0.2) is 22.7 Å². The first-order valence-electron chi connectivity index (χ1n) is 18.0. The standard InChI is InChI=1S/C41H50N4O6S/c1-6-7-22-49-23-24-50-37-13-8-32(9-14-37)33-10-17-39-35(25-33)26-34(18-20-44(39)27-29(2)3)41(47)43-36-11-15-38(16-12-36)52(48)28-40-42-19-21-45(40)30(4)51-31(5)46/h8-17,19,21,25-26,29-30H,6-7,18,20,22-24,27-28H2,1-5H3,(H,43,47). The molecule has 2 unspecified atom stereocenters. The van der Waals surface area contributed by atoms with Gasteiger partial charge in [0.25, 0.3) is 5.91 Å². The van der Waals surface area contributed by atoms with Crippen molar-refractivity contribution < 1.29 is 28.4 Å². The number of imidazole rings is 1. The van der Waals surface area contributed by atoms with Crippen LogP contribution in [0.25, 0.3) is 17.2 Å². The fourth-order valence-corrected chi connectivity index (χ4v) is 7.14. The van der Waals surface area contributed by atoms with E-state index in [1.165, 1.54) is 6.92 Å². The summed E-state index contributed by atoms with van der Waals surface area (Å²) in [6.07, 6.45) is 7.51.